The molecule has 1 aliphatic carbocycles. The number of carboxylic acids is 1. The summed E-state index contributed by atoms with van der Waals surface area (Å²) in [6.07, 6.45) is 6.11. The van der Waals surface area contributed by atoms with Gasteiger partial charge in [0.05, 0.1) is 6.10 Å². The summed E-state index contributed by atoms with van der Waals surface area (Å²) in [5.74, 6) is -0.200. The van der Waals surface area contributed by atoms with Gasteiger partial charge in [-0.25, -0.2) is 4.79 Å². The number of carboxylic acid groups (broad SMARTS) is 1. The van der Waals surface area contributed by atoms with Gasteiger partial charge in [-0.3, -0.25) is 0 Å². The minimum atomic E-state index is -0.871. The van der Waals surface area contributed by atoms with Crippen LogP contribution in [0.2, 0.25) is 0 Å². The molecule has 4 heteroatoms. The predicted molar refractivity (Wildman–Crippen MR) is 80.6 cm³/mol. The van der Waals surface area contributed by atoms with E-state index in [1.165, 1.54) is 0 Å². The van der Waals surface area contributed by atoms with Crippen LogP contribution < -0.4 is 5.32 Å². The van der Waals surface area contributed by atoms with Crippen molar-refractivity contribution in [3.05, 3.63) is 23.5 Å². The molecular weight excluding hydrogens is 254 g/mol. The molecule has 0 heterocycles. The number of ether oxygens (including phenoxy) is 1. The third-order valence-electron chi connectivity index (χ3n) is 3.23. The van der Waals surface area contributed by atoms with Gasteiger partial charge in [-0.2, -0.15) is 0 Å². The highest BCUT2D eigenvalue weighted by Crippen LogP contribution is 2.23. The molecule has 0 aromatic carbocycles. The van der Waals surface area contributed by atoms with Crippen LogP contribution in [0, 0.1) is 0 Å². The van der Waals surface area contributed by atoms with Crippen molar-refractivity contribution in [1.29, 1.82) is 0 Å². The Morgan fingerprint density at radius 2 is 2.05 bits per heavy atom. The Morgan fingerprint density at radius 3 is 2.50 bits per heavy atom. The van der Waals surface area contributed by atoms with Gasteiger partial charge in [0.2, 0.25) is 0 Å². The summed E-state index contributed by atoms with van der Waals surface area (Å²) in [5.41, 5.74) is 0.331. The molecule has 2 N–H and O–H groups in total. The minimum Gasteiger partial charge on any atom is -0.491 e. The second-order valence-electron chi connectivity index (χ2n) is 6.31. The van der Waals surface area contributed by atoms with Gasteiger partial charge in [-0.1, -0.05) is 13.8 Å². The summed E-state index contributed by atoms with van der Waals surface area (Å²) in [6.45, 7) is 10.4. The zero-order chi connectivity index (χ0) is 15.3. The number of hydrogen-bond acceptors (Lipinski definition) is 3. The maximum absolute atomic E-state index is 11.3. The van der Waals surface area contributed by atoms with E-state index in [2.05, 4.69) is 39.9 Å². The molecule has 0 bridgehead atoms. The normalized spacial score (nSPS) is 19.6. The van der Waals surface area contributed by atoms with Crippen LogP contribution in [0.25, 0.3) is 0 Å². The average Bonchev–Trinajstić information content (AvgIpc) is 2.33. The first-order valence-electron chi connectivity index (χ1n) is 7.35. The van der Waals surface area contributed by atoms with E-state index >= 15 is 0 Å². The monoisotopic (exact) mass is 281 g/mol. The van der Waals surface area contributed by atoms with Crippen LogP contribution in [0.1, 0.15) is 53.9 Å². The van der Waals surface area contributed by atoms with Crippen LogP contribution in [-0.2, 0) is 9.53 Å². The van der Waals surface area contributed by atoms with E-state index < -0.39 is 5.97 Å². The Balaban J connectivity index is 2.88. The Bertz CT molecular complexity index is 400. The van der Waals surface area contributed by atoms with E-state index in [-0.39, 0.29) is 17.7 Å². The molecule has 0 aliphatic heterocycles. The number of allylic oxidation sites excluding steroid dienone is 1. The number of rotatable bonds is 6. The van der Waals surface area contributed by atoms with Crippen LogP contribution >= 0.6 is 0 Å². The molecule has 114 valence electrons. The molecule has 1 aliphatic rings. The fourth-order valence-corrected chi connectivity index (χ4v) is 2.29. The predicted octanol–water partition coefficient (Wildman–Crippen LogP) is 3.25. The van der Waals surface area contributed by atoms with Crippen molar-refractivity contribution in [1.82, 2.24) is 5.32 Å². The summed E-state index contributed by atoms with van der Waals surface area (Å²) in [6, 6.07) is -0.00420. The highest BCUT2D eigenvalue weighted by atomic mass is 16.5. The Hall–Kier alpha value is -1.29. The Labute approximate surface area is 121 Å². The van der Waals surface area contributed by atoms with Crippen molar-refractivity contribution in [2.75, 3.05) is 0 Å². The fourth-order valence-electron chi connectivity index (χ4n) is 2.29. The molecule has 1 rings (SSSR count). The second kappa shape index (κ2) is 6.93. The molecule has 0 radical (unpaired) electrons. The van der Waals surface area contributed by atoms with Gasteiger partial charge < -0.3 is 15.2 Å². The van der Waals surface area contributed by atoms with E-state index in [1.807, 2.05) is 6.08 Å². The van der Waals surface area contributed by atoms with Crippen molar-refractivity contribution < 1.29 is 14.6 Å². The molecule has 0 unspecified atom stereocenters. The first-order chi connectivity index (χ1) is 9.25. The molecule has 0 aromatic rings. The van der Waals surface area contributed by atoms with Gasteiger partial charge in [-0.05, 0) is 52.2 Å². The van der Waals surface area contributed by atoms with Crippen LogP contribution in [0.15, 0.2) is 23.5 Å². The topological polar surface area (TPSA) is 58.6 Å². The summed E-state index contributed by atoms with van der Waals surface area (Å²) < 4.78 is 5.90. The third kappa shape index (κ3) is 5.37. The molecule has 0 fully saturated rings. The maximum atomic E-state index is 11.3. The molecular formula is C16H27NO3. The lowest BCUT2D eigenvalue weighted by atomic mass is 9.96. The van der Waals surface area contributed by atoms with Gasteiger partial charge in [0.15, 0.2) is 0 Å². The number of aliphatic carboxylic acids is 1. The molecule has 0 saturated carbocycles. The standard InChI is InChI=1S/C16H27NO3/c1-6-13(7-2)20-14-9-11(15(18)19)8-12(10-14)17-16(3,4)5/h9-10,12-13,17H,6-8H2,1-5H3,(H,18,19)/t12-/m1/s1. The van der Waals surface area contributed by atoms with Gasteiger partial charge in [0.25, 0.3) is 0 Å². The second-order valence-corrected chi connectivity index (χ2v) is 6.31. The van der Waals surface area contributed by atoms with E-state index in [0.717, 1.165) is 12.8 Å². The summed E-state index contributed by atoms with van der Waals surface area (Å²) in [4.78, 5) is 11.3. The number of carbonyl (C=O) groups is 1. The lowest BCUT2D eigenvalue weighted by Crippen LogP contribution is -2.44. The van der Waals surface area contributed by atoms with Crippen molar-refractivity contribution in [2.24, 2.45) is 0 Å². The summed E-state index contributed by atoms with van der Waals surface area (Å²) in [5, 5.41) is 12.7. The highest BCUT2D eigenvalue weighted by molar-refractivity contribution is 5.87. The number of nitrogens with one attached hydrogen (secondary N) is 1. The zero-order valence-corrected chi connectivity index (χ0v) is 13.2. The molecule has 1 atom stereocenters. The van der Waals surface area contributed by atoms with Crippen LogP contribution in [-0.4, -0.2) is 28.8 Å². The van der Waals surface area contributed by atoms with E-state index in [1.54, 1.807) is 6.08 Å². The molecule has 20 heavy (non-hydrogen) atoms. The quantitative estimate of drug-likeness (QED) is 0.784. The van der Waals surface area contributed by atoms with Crippen molar-refractivity contribution in [2.45, 2.75) is 71.6 Å². The van der Waals surface area contributed by atoms with Crippen molar-refractivity contribution >= 4 is 5.97 Å². The van der Waals surface area contributed by atoms with Gasteiger partial charge in [0, 0.05) is 17.2 Å². The Kier molecular flexibility index (Phi) is 5.81. The maximum Gasteiger partial charge on any atom is 0.331 e. The number of hydrogen-bond donors (Lipinski definition) is 2. The van der Waals surface area contributed by atoms with Gasteiger partial charge in [0.1, 0.15) is 5.76 Å². The SMILES string of the molecule is CCC(CC)OC1=C[C@H](NC(C)(C)C)CC(C(=O)O)=C1. The largest absolute Gasteiger partial charge is 0.491 e. The first-order valence-corrected chi connectivity index (χ1v) is 7.35. The van der Waals surface area contributed by atoms with Crippen LogP contribution in [0.3, 0.4) is 0 Å². The minimum absolute atomic E-state index is 0.00420. The molecule has 4 nitrogen and oxygen atoms in total. The van der Waals surface area contributed by atoms with Gasteiger partial charge >= 0.3 is 5.97 Å². The van der Waals surface area contributed by atoms with Crippen molar-refractivity contribution in [3.63, 3.8) is 0 Å². The van der Waals surface area contributed by atoms with Crippen LogP contribution in [0.5, 0.6) is 0 Å². The summed E-state index contributed by atoms with van der Waals surface area (Å²) >= 11 is 0. The van der Waals surface area contributed by atoms with E-state index in [0.29, 0.717) is 17.8 Å². The van der Waals surface area contributed by atoms with E-state index in [4.69, 9.17) is 4.74 Å². The summed E-state index contributed by atoms with van der Waals surface area (Å²) in [7, 11) is 0. The molecule has 0 aromatic heterocycles. The Morgan fingerprint density at radius 1 is 1.45 bits per heavy atom. The lowest BCUT2D eigenvalue weighted by molar-refractivity contribution is -0.132. The molecule has 0 amide bonds. The average molecular weight is 281 g/mol. The highest BCUT2D eigenvalue weighted by Gasteiger charge is 2.24. The third-order valence-corrected chi connectivity index (χ3v) is 3.23. The van der Waals surface area contributed by atoms with E-state index in [9.17, 15) is 9.90 Å². The molecule has 0 saturated heterocycles. The smallest absolute Gasteiger partial charge is 0.331 e. The van der Waals surface area contributed by atoms with Crippen molar-refractivity contribution in [3.8, 4) is 0 Å². The van der Waals surface area contributed by atoms with Gasteiger partial charge in [-0.15, -0.1) is 0 Å². The first kappa shape index (κ1) is 16.8. The van der Waals surface area contributed by atoms with Crippen LogP contribution in [0.4, 0.5) is 0 Å². The zero-order valence-electron chi connectivity index (χ0n) is 13.2. The lowest BCUT2D eigenvalue weighted by Gasteiger charge is -2.30. The molecule has 0 spiro atoms. The fraction of sp³-hybridized carbons (Fsp3) is 0.688.